The maximum absolute atomic E-state index is 17.7. The van der Waals surface area contributed by atoms with Crippen molar-refractivity contribution in [3.8, 4) is 44.5 Å². The molecule has 5 atom stereocenters. The minimum Gasteiger partial charge on any atom is -0.302 e. The summed E-state index contributed by atoms with van der Waals surface area (Å²) in [5, 5.41) is 0. The quantitative estimate of drug-likeness (QED) is 0.0702. The smallest absolute Gasteiger partial charge is 0.198 e. The van der Waals surface area contributed by atoms with Crippen molar-refractivity contribution in [1.82, 2.24) is 0 Å². The summed E-state index contributed by atoms with van der Waals surface area (Å²) >= 11 is 0. The summed E-state index contributed by atoms with van der Waals surface area (Å²) in [4.78, 5) is 0.972. The van der Waals surface area contributed by atoms with E-state index in [4.69, 9.17) is 0 Å². The normalized spacial score (nSPS) is 17.1. The number of hydrogen-bond donors (Lipinski definition) is 1. The first kappa shape index (κ1) is 65.0. The summed E-state index contributed by atoms with van der Waals surface area (Å²) in [6.45, 7) is 2.88. The lowest BCUT2D eigenvalue weighted by Crippen LogP contribution is -3.04. The fourth-order valence-electron chi connectivity index (χ4n) is 14.7. The Balaban J connectivity index is 0.000000585. The van der Waals surface area contributed by atoms with E-state index in [1.807, 2.05) is 14.0 Å². The van der Waals surface area contributed by atoms with Crippen LogP contribution >= 0.6 is 0 Å². The van der Waals surface area contributed by atoms with Gasteiger partial charge in [0.25, 0.3) is 0 Å². The van der Waals surface area contributed by atoms with Gasteiger partial charge in [0.05, 0.1) is 19.7 Å². The summed E-state index contributed by atoms with van der Waals surface area (Å²) in [6.07, 6.45) is -5.65. The number of rotatable bonds is 7. The lowest BCUT2D eigenvalue weighted by molar-refractivity contribution is -0.811. The lowest BCUT2D eigenvalue weighted by Gasteiger charge is -2.60. The summed E-state index contributed by atoms with van der Waals surface area (Å²) < 4.78 is 487. The summed E-state index contributed by atoms with van der Waals surface area (Å²) in [5.41, 5.74) is -37.5. The second kappa shape index (κ2) is 22.0. The van der Waals surface area contributed by atoms with Crippen LogP contribution in [0.3, 0.4) is 0 Å². The highest BCUT2D eigenvalue weighted by Gasteiger charge is 2.66. The third kappa shape index (κ3) is 8.30. The first-order chi connectivity index (χ1) is 44.1. The number of benzene rings is 9. The van der Waals surface area contributed by atoms with Gasteiger partial charge in [0.1, 0.15) is 5.82 Å². The highest BCUT2D eigenvalue weighted by Crippen LogP contribution is 2.73. The Morgan fingerprint density at radius 1 is 0.266 bits per heavy atom. The van der Waals surface area contributed by atoms with E-state index in [1.165, 1.54) is 12.1 Å². The monoisotopic (exact) mass is 1360 g/mol. The first-order valence-electron chi connectivity index (χ1n) is 26.7. The molecule has 0 radical (unpaired) electrons. The lowest BCUT2D eigenvalue weighted by atomic mass is 9.01. The van der Waals surface area contributed by atoms with Crippen molar-refractivity contribution >= 4 is 11.8 Å². The van der Waals surface area contributed by atoms with Gasteiger partial charge in [0.15, 0.2) is 174 Å². The standard InChI is InChI=1S/C52H8BF28.C10H13F2N/c54-9-1-5-13(33(62)29(9)58)17-21(41(70)49(78)45(74)37(17)66)25(5)53(26-6-2-10(55)30(59)34(63)14(6)18-22(26)42(71)50(79)46(75)38(18)67,27-7-3-11(56)31(60)35(64)15(7)19-23(27)43(72)51(80)47(76)39(19)68)28-8-4-12(57)32(61)36(65)16(8)20-24(28)44(73)52(81)48(77)40(20)69;1-3-6-13(2)10-5-4-8(11)7-9(10)12/h1-4,25-28H;4-5,7H,3,6H2,1-2H3/q-1;/p+1. The van der Waals surface area contributed by atoms with Crippen LogP contribution in [-0.2, 0) is 0 Å². The molecule has 13 rings (SSSR count). The molecule has 0 heterocycles. The summed E-state index contributed by atoms with van der Waals surface area (Å²) in [7, 11) is 1.87. The van der Waals surface area contributed by atoms with E-state index >= 15 is 123 Å². The van der Waals surface area contributed by atoms with E-state index in [2.05, 4.69) is 0 Å². The average Bonchev–Trinajstić information content (AvgIpc) is 1.47. The summed E-state index contributed by atoms with van der Waals surface area (Å²) in [6, 6.07) is 1.23. The zero-order valence-electron chi connectivity index (χ0n) is 45.7. The molecule has 488 valence electrons. The molecule has 94 heavy (non-hydrogen) atoms. The van der Waals surface area contributed by atoms with Gasteiger partial charge >= 0.3 is 0 Å². The Morgan fingerprint density at radius 3 is 0.713 bits per heavy atom. The van der Waals surface area contributed by atoms with E-state index in [0.29, 0.717) is 5.69 Å². The molecule has 0 amide bonds. The van der Waals surface area contributed by atoms with Gasteiger partial charge in [0, 0.05) is 56.6 Å². The Hall–Kier alpha value is -9.10. The molecule has 0 saturated heterocycles. The Morgan fingerprint density at radius 2 is 0.489 bits per heavy atom. The van der Waals surface area contributed by atoms with Crippen molar-refractivity contribution in [2.45, 2.75) is 36.6 Å². The van der Waals surface area contributed by atoms with Crippen molar-refractivity contribution in [2.75, 3.05) is 13.6 Å². The zero-order chi connectivity index (χ0) is 68.9. The van der Waals surface area contributed by atoms with Crippen molar-refractivity contribution in [3.05, 3.63) is 261 Å². The molecule has 0 fully saturated rings. The Kier molecular flexibility index (Phi) is 15.2. The fraction of sp³-hybridized carbons (Fsp3) is 0.129. The van der Waals surface area contributed by atoms with Gasteiger partial charge in [-0.25, -0.2) is 132 Å². The molecule has 1 nitrogen and oxygen atoms in total. The third-order valence-electron chi connectivity index (χ3n) is 17.9. The number of hydrogen-bond acceptors (Lipinski definition) is 0. The molecule has 1 N–H and O–H groups in total. The molecule has 5 unspecified atom stereocenters. The van der Waals surface area contributed by atoms with Crippen LogP contribution in [0.2, 0.25) is 0 Å². The van der Waals surface area contributed by atoms with E-state index in [-0.39, 0.29) is 0 Å². The summed E-state index contributed by atoms with van der Waals surface area (Å²) in [5.74, 6) is -104. The number of nitrogens with one attached hydrogen (secondary N) is 1. The molecule has 0 spiro atoms. The minimum absolute atomic E-state index is 0.467. The fourth-order valence-corrected chi connectivity index (χ4v) is 14.7. The van der Waals surface area contributed by atoms with Gasteiger partial charge in [-0.05, 0) is 59.0 Å². The molecular weight excluding hydrogens is 1340 g/mol. The molecule has 9 aromatic carbocycles. The van der Waals surface area contributed by atoms with Gasteiger partial charge in [-0.1, -0.05) is 29.2 Å². The van der Waals surface area contributed by atoms with Gasteiger partial charge in [0.2, 0.25) is 0 Å². The van der Waals surface area contributed by atoms with Crippen molar-refractivity contribution in [2.24, 2.45) is 0 Å². The second-order valence-corrected chi connectivity index (χ2v) is 22.2. The average molecular weight is 1360 g/mol. The third-order valence-corrected chi connectivity index (χ3v) is 17.9. The van der Waals surface area contributed by atoms with E-state index in [0.717, 1.165) is 23.9 Å². The van der Waals surface area contributed by atoms with Crippen LogP contribution in [0.15, 0.2) is 42.5 Å². The molecule has 0 bridgehead atoms. The Labute approximate surface area is 503 Å². The van der Waals surface area contributed by atoms with Crippen LogP contribution in [0.5, 0.6) is 0 Å². The second-order valence-electron chi connectivity index (χ2n) is 22.2. The van der Waals surface area contributed by atoms with Crippen LogP contribution in [0, 0.1) is 175 Å². The molecule has 0 aromatic heterocycles. The van der Waals surface area contributed by atoms with E-state index in [1.54, 1.807) is 0 Å². The molecule has 0 aliphatic heterocycles. The van der Waals surface area contributed by atoms with Gasteiger partial charge in [-0.3, -0.25) is 0 Å². The van der Waals surface area contributed by atoms with Crippen LogP contribution < -0.4 is 4.90 Å². The van der Waals surface area contributed by atoms with Gasteiger partial charge in [-0.2, -0.15) is 0 Å². The van der Waals surface area contributed by atoms with Crippen LogP contribution in [0.4, 0.5) is 137 Å². The number of quaternary nitrogens is 1. The maximum atomic E-state index is 17.7. The SMILES string of the molecule is CCC[NH+](C)c1ccc(F)cc1F.Fc1cc2c(c(F)c1F)-c1c(F)c(F)c(F)c(F)c1C2[B-](C1c2cc(F)c(F)c(F)c2-c2c(F)c(F)c(F)c(F)c21)(C1c2cc(F)c(F)c(F)c2-c2c(F)c(F)c(F)c(F)c21)C1c2cc(F)c(F)c(F)c2-c2c(F)c(F)c(F)c(F)c21. The predicted molar refractivity (Wildman–Crippen MR) is 268 cm³/mol. The topological polar surface area (TPSA) is 4.44 Å². The number of fused-ring (bicyclic) bond motifs is 12. The van der Waals surface area contributed by atoms with Gasteiger partial charge < -0.3 is 4.90 Å². The van der Waals surface area contributed by atoms with E-state index in [9.17, 15) is 8.78 Å². The van der Waals surface area contributed by atoms with Crippen molar-refractivity contribution in [1.29, 1.82) is 0 Å². The molecule has 32 heteroatoms. The minimum atomic E-state index is -6.62. The molecule has 9 aromatic rings. The largest absolute Gasteiger partial charge is 0.302 e. The molecule has 4 aliphatic carbocycles. The van der Waals surface area contributed by atoms with E-state index < -0.39 is 317 Å². The Bertz CT molecular complexity index is 4400. The molecule has 0 saturated carbocycles. The molecular formula is C62H22BF30N. The van der Waals surface area contributed by atoms with Crippen molar-refractivity contribution in [3.63, 3.8) is 0 Å². The van der Waals surface area contributed by atoms with Crippen molar-refractivity contribution < 1.29 is 137 Å². The van der Waals surface area contributed by atoms with Crippen LogP contribution in [0.1, 0.15) is 81.1 Å². The zero-order valence-corrected chi connectivity index (χ0v) is 45.7. The number of halogens is 30. The molecule has 4 aliphatic rings. The maximum Gasteiger partial charge on any atom is 0.198 e. The first-order valence-corrected chi connectivity index (χ1v) is 26.7. The van der Waals surface area contributed by atoms with Gasteiger partial charge in [-0.15, -0.1) is 23.3 Å². The highest BCUT2D eigenvalue weighted by molar-refractivity contribution is 6.88. The predicted octanol–water partition coefficient (Wildman–Crippen LogP) is 18.3. The highest BCUT2D eigenvalue weighted by atomic mass is 19.2. The van der Waals surface area contributed by atoms with Crippen LogP contribution in [0.25, 0.3) is 44.5 Å². The van der Waals surface area contributed by atoms with Crippen LogP contribution in [-0.4, -0.2) is 19.7 Å².